The second-order valence-electron chi connectivity index (χ2n) is 4.46. The standard InChI is InChI=1S/C13H24N2/c1-6-14-8-7-13-9-11(4)15(10(2)3)12(13)5/h9-10,14H,6-8H2,1-5H3. The smallest absolute Gasteiger partial charge is 0.0279 e. The molecular formula is C13H24N2. The number of hydrogen-bond acceptors (Lipinski definition) is 1. The molecule has 1 heterocycles. The van der Waals surface area contributed by atoms with Crippen LogP contribution in [0.4, 0.5) is 0 Å². The summed E-state index contributed by atoms with van der Waals surface area (Å²) in [6.07, 6.45) is 1.14. The Morgan fingerprint density at radius 1 is 1.33 bits per heavy atom. The minimum absolute atomic E-state index is 0.567. The maximum absolute atomic E-state index is 3.37. The maximum Gasteiger partial charge on any atom is 0.0279 e. The number of likely N-dealkylation sites (N-methyl/N-ethyl adjacent to an activating group) is 1. The van der Waals surface area contributed by atoms with E-state index >= 15 is 0 Å². The molecule has 15 heavy (non-hydrogen) atoms. The van der Waals surface area contributed by atoms with E-state index < -0.39 is 0 Å². The molecule has 1 aromatic rings. The summed E-state index contributed by atoms with van der Waals surface area (Å²) >= 11 is 0. The topological polar surface area (TPSA) is 17.0 Å². The first-order chi connectivity index (χ1) is 7.07. The Morgan fingerprint density at radius 2 is 2.00 bits per heavy atom. The molecule has 0 aliphatic rings. The van der Waals surface area contributed by atoms with Crippen molar-refractivity contribution in [2.24, 2.45) is 0 Å². The summed E-state index contributed by atoms with van der Waals surface area (Å²) in [5.74, 6) is 0. The van der Waals surface area contributed by atoms with E-state index in [1.807, 2.05) is 0 Å². The van der Waals surface area contributed by atoms with Crippen LogP contribution in [0.25, 0.3) is 0 Å². The zero-order valence-corrected chi connectivity index (χ0v) is 10.7. The first kappa shape index (κ1) is 12.3. The van der Waals surface area contributed by atoms with Gasteiger partial charge >= 0.3 is 0 Å². The first-order valence-corrected chi connectivity index (χ1v) is 5.96. The van der Waals surface area contributed by atoms with Gasteiger partial charge in [-0.25, -0.2) is 0 Å². The second-order valence-corrected chi connectivity index (χ2v) is 4.46. The van der Waals surface area contributed by atoms with Crippen LogP contribution in [-0.2, 0) is 6.42 Å². The summed E-state index contributed by atoms with van der Waals surface area (Å²) in [4.78, 5) is 0. The fourth-order valence-corrected chi connectivity index (χ4v) is 2.29. The van der Waals surface area contributed by atoms with Gasteiger partial charge in [-0.3, -0.25) is 0 Å². The summed E-state index contributed by atoms with van der Waals surface area (Å²) in [6, 6.07) is 2.89. The number of hydrogen-bond donors (Lipinski definition) is 1. The molecule has 1 rings (SSSR count). The van der Waals surface area contributed by atoms with E-state index in [2.05, 4.69) is 50.6 Å². The lowest BCUT2D eigenvalue weighted by molar-refractivity contribution is 0.572. The number of nitrogens with zero attached hydrogens (tertiary/aromatic N) is 1. The van der Waals surface area contributed by atoms with E-state index in [0.717, 1.165) is 19.5 Å². The predicted molar refractivity (Wildman–Crippen MR) is 66.5 cm³/mol. The van der Waals surface area contributed by atoms with Crippen molar-refractivity contribution in [2.75, 3.05) is 13.1 Å². The van der Waals surface area contributed by atoms with Crippen molar-refractivity contribution >= 4 is 0 Å². The third-order valence-corrected chi connectivity index (χ3v) is 2.93. The molecule has 0 unspecified atom stereocenters. The van der Waals surface area contributed by atoms with E-state index in [1.165, 1.54) is 17.0 Å². The van der Waals surface area contributed by atoms with Crippen molar-refractivity contribution < 1.29 is 0 Å². The molecule has 0 fully saturated rings. The summed E-state index contributed by atoms with van der Waals surface area (Å²) in [7, 11) is 0. The van der Waals surface area contributed by atoms with Crippen molar-refractivity contribution in [3.63, 3.8) is 0 Å². The molecule has 0 spiro atoms. The number of aromatic nitrogens is 1. The normalized spacial score (nSPS) is 11.3. The van der Waals surface area contributed by atoms with Crippen LogP contribution in [0.3, 0.4) is 0 Å². The maximum atomic E-state index is 3.37. The monoisotopic (exact) mass is 208 g/mol. The van der Waals surface area contributed by atoms with E-state index in [9.17, 15) is 0 Å². The molecule has 0 amide bonds. The van der Waals surface area contributed by atoms with Crippen LogP contribution in [0.2, 0.25) is 0 Å². The zero-order valence-electron chi connectivity index (χ0n) is 10.7. The third kappa shape index (κ3) is 2.85. The lowest BCUT2D eigenvalue weighted by Gasteiger charge is -2.13. The largest absolute Gasteiger partial charge is 0.346 e. The van der Waals surface area contributed by atoms with Crippen LogP contribution in [0.15, 0.2) is 6.07 Å². The molecule has 0 saturated carbocycles. The minimum atomic E-state index is 0.567. The summed E-state index contributed by atoms with van der Waals surface area (Å²) < 4.78 is 2.42. The van der Waals surface area contributed by atoms with Gasteiger partial charge in [-0.1, -0.05) is 6.92 Å². The Hall–Kier alpha value is -0.760. The molecule has 0 aliphatic heterocycles. The Kier molecular flexibility index (Phi) is 4.40. The molecule has 2 heteroatoms. The molecule has 1 N–H and O–H groups in total. The molecule has 0 aromatic carbocycles. The van der Waals surface area contributed by atoms with Crippen molar-refractivity contribution in [1.82, 2.24) is 9.88 Å². The van der Waals surface area contributed by atoms with Crippen molar-refractivity contribution in [1.29, 1.82) is 0 Å². The highest BCUT2D eigenvalue weighted by Crippen LogP contribution is 2.20. The van der Waals surface area contributed by atoms with Crippen LogP contribution in [0.1, 0.15) is 43.8 Å². The molecule has 0 aliphatic carbocycles. The average molecular weight is 208 g/mol. The van der Waals surface area contributed by atoms with Crippen LogP contribution >= 0.6 is 0 Å². The van der Waals surface area contributed by atoms with E-state index in [4.69, 9.17) is 0 Å². The Bertz CT molecular complexity index is 311. The summed E-state index contributed by atoms with van der Waals surface area (Å²) in [5.41, 5.74) is 4.30. The van der Waals surface area contributed by atoms with E-state index in [1.54, 1.807) is 0 Å². The Morgan fingerprint density at radius 3 is 2.47 bits per heavy atom. The van der Waals surface area contributed by atoms with Crippen LogP contribution < -0.4 is 5.32 Å². The van der Waals surface area contributed by atoms with Gasteiger partial charge in [0.1, 0.15) is 0 Å². The summed E-state index contributed by atoms with van der Waals surface area (Å²) in [5, 5.41) is 3.37. The summed E-state index contributed by atoms with van der Waals surface area (Å²) in [6.45, 7) is 13.2. The fraction of sp³-hybridized carbons (Fsp3) is 0.692. The highest BCUT2D eigenvalue weighted by atomic mass is 15.0. The van der Waals surface area contributed by atoms with Gasteiger partial charge in [0, 0.05) is 17.4 Å². The highest BCUT2D eigenvalue weighted by Gasteiger charge is 2.10. The molecule has 0 radical (unpaired) electrons. The SMILES string of the molecule is CCNCCc1cc(C)n(C(C)C)c1C. The average Bonchev–Trinajstić information content (AvgIpc) is 2.42. The van der Waals surface area contributed by atoms with Gasteiger partial charge in [0.2, 0.25) is 0 Å². The van der Waals surface area contributed by atoms with Gasteiger partial charge in [0.15, 0.2) is 0 Å². The van der Waals surface area contributed by atoms with Gasteiger partial charge < -0.3 is 9.88 Å². The predicted octanol–water partition coefficient (Wildman–Crippen LogP) is 2.84. The van der Waals surface area contributed by atoms with Gasteiger partial charge in [0.05, 0.1) is 0 Å². The van der Waals surface area contributed by atoms with Gasteiger partial charge in [-0.15, -0.1) is 0 Å². The fourth-order valence-electron chi connectivity index (χ4n) is 2.29. The molecule has 86 valence electrons. The van der Waals surface area contributed by atoms with Crippen LogP contribution in [0.5, 0.6) is 0 Å². The molecule has 2 nitrogen and oxygen atoms in total. The number of rotatable bonds is 5. The van der Waals surface area contributed by atoms with Crippen LogP contribution in [-0.4, -0.2) is 17.7 Å². The molecule has 0 bridgehead atoms. The highest BCUT2D eigenvalue weighted by molar-refractivity contribution is 5.27. The zero-order chi connectivity index (χ0) is 11.4. The van der Waals surface area contributed by atoms with Crippen molar-refractivity contribution in [2.45, 2.75) is 47.1 Å². The van der Waals surface area contributed by atoms with Crippen LogP contribution in [0, 0.1) is 13.8 Å². The Balaban J connectivity index is 2.77. The third-order valence-electron chi connectivity index (χ3n) is 2.93. The quantitative estimate of drug-likeness (QED) is 0.736. The van der Waals surface area contributed by atoms with Crippen molar-refractivity contribution in [3.05, 3.63) is 23.0 Å². The van der Waals surface area contributed by atoms with E-state index in [-0.39, 0.29) is 0 Å². The van der Waals surface area contributed by atoms with E-state index in [0.29, 0.717) is 6.04 Å². The molecule has 0 atom stereocenters. The molecule has 1 aromatic heterocycles. The van der Waals surface area contributed by atoms with Gasteiger partial charge in [0.25, 0.3) is 0 Å². The second kappa shape index (κ2) is 5.36. The Labute approximate surface area is 93.7 Å². The lowest BCUT2D eigenvalue weighted by Crippen LogP contribution is -2.16. The first-order valence-electron chi connectivity index (χ1n) is 5.96. The number of nitrogens with one attached hydrogen (secondary N) is 1. The van der Waals surface area contributed by atoms with Gasteiger partial charge in [-0.05, 0) is 58.8 Å². The molecular weight excluding hydrogens is 184 g/mol. The lowest BCUT2D eigenvalue weighted by atomic mass is 10.2. The van der Waals surface area contributed by atoms with Crippen molar-refractivity contribution in [3.8, 4) is 0 Å². The number of aryl methyl sites for hydroxylation is 1. The molecule has 0 saturated heterocycles. The minimum Gasteiger partial charge on any atom is -0.346 e. The van der Waals surface area contributed by atoms with Gasteiger partial charge in [-0.2, -0.15) is 0 Å².